The Labute approximate surface area is 142 Å². The van der Waals surface area contributed by atoms with Gasteiger partial charge < -0.3 is 4.90 Å². The summed E-state index contributed by atoms with van der Waals surface area (Å²) in [6.07, 6.45) is 1.52. The topological polar surface area (TPSA) is 81.3 Å². The van der Waals surface area contributed by atoms with Gasteiger partial charge in [-0.15, -0.1) is 0 Å². The second kappa shape index (κ2) is 6.97. The van der Waals surface area contributed by atoms with Crippen LogP contribution in [0.1, 0.15) is 23.0 Å². The maximum absolute atomic E-state index is 12.5. The van der Waals surface area contributed by atoms with E-state index in [1.165, 1.54) is 29.3 Å². The maximum Gasteiger partial charge on any atom is 0.288 e. The average Bonchev–Trinajstić information content (AvgIpc) is 2.87. The van der Waals surface area contributed by atoms with E-state index in [0.717, 1.165) is 0 Å². The number of nitrogens with zero attached hydrogens (tertiary/aromatic N) is 4. The van der Waals surface area contributed by atoms with Crippen LogP contribution in [0, 0.1) is 10.1 Å². The average molecular weight is 357 g/mol. The van der Waals surface area contributed by atoms with Gasteiger partial charge in [-0.3, -0.25) is 19.6 Å². The van der Waals surface area contributed by atoms with E-state index < -0.39 is 4.92 Å². The van der Waals surface area contributed by atoms with Crippen LogP contribution in [0.3, 0.4) is 0 Å². The first-order valence-corrected chi connectivity index (χ1v) is 7.50. The fourth-order valence-corrected chi connectivity index (χ4v) is 2.51. The molecule has 0 N–H and O–H groups in total. The monoisotopic (exact) mass is 356 g/mol. The van der Waals surface area contributed by atoms with Crippen LogP contribution in [-0.2, 0) is 13.1 Å². The highest BCUT2D eigenvalue weighted by molar-refractivity contribution is 6.32. The maximum atomic E-state index is 12.5. The number of nitro groups is 1. The molecule has 0 saturated heterocycles. The Bertz CT molecular complexity index is 760. The SMILES string of the molecule is CCn1ncc(Cl)c1CN(C)C(=O)c1ccc(Cl)c([N+](=O)[O-])c1. The molecule has 2 aromatic rings. The lowest BCUT2D eigenvalue weighted by Crippen LogP contribution is -2.27. The van der Waals surface area contributed by atoms with Gasteiger partial charge in [-0.05, 0) is 19.1 Å². The van der Waals surface area contributed by atoms with E-state index in [1.54, 1.807) is 11.7 Å². The highest BCUT2D eigenvalue weighted by atomic mass is 35.5. The molecule has 2 rings (SSSR count). The Hall–Kier alpha value is -2.12. The number of benzene rings is 1. The number of hydrogen-bond donors (Lipinski definition) is 0. The Kier molecular flexibility index (Phi) is 5.23. The van der Waals surface area contributed by atoms with E-state index in [1.807, 2.05) is 6.92 Å². The molecule has 122 valence electrons. The molecule has 1 aromatic heterocycles. The van der Waals surface area contributed by atoms with Crippen molar-refractivity contribution in [2.24, 2.45) is 0 Å². The molecule has 0 aliphatic rings. The highest BCUT2D eigenvalue weighted by Crippen LogP contribution is 2.26. The van der Waals surface area contributed by atoms with Gasteiger partial charge in [0.15, 0.2) is 0 Å². The summed E-state index contributed by atoms with van der Waals surface area (Å²) >= 11 is 11.8. The first-order valence-electron chi connectivity index (χ1n) is 6.74. The van der Waals surface area contributed by atoms with Gasteiger partial charge in [0.2, 0.25) is 0 Å². The van der Waals surface area contributed by atoms with Crippen molar-refractivity contribution in [3.8, 4) is 0 Å². The fraction of sp³-hybridized carbons (Fsp3) is 0.286. The van der Waals surface area contributed by atoms with E-state index in [9.17, 15) is 14.9 Å². The van der Waals surface area contributed by atoms with Crippen LogP contribution >= 0.6 is 23.2 Å². The normalized spacial score (nSPS) is 10.6. The standard InChI is InChI=1S/C14H14Cl2N4O3/c1-3-19-13(11(16)7-17-19)8-18(2)14(21)9-4-5-10(15)12(6-9)20(22)23/h4-7H,3,8H2,1-2H3. The van der Waals surface area contributed by atoms with Gasteiger partial charge in [-0.1, -0.05) is 23.2 Å². The molecule has 0 saturated carbocycles. The molecule has 1 amide bonds. The molecule has 1 aromatic carbocycles. The van der Waals surface area contributed by atoms with Crippen molar-refractivity contribution in [1.29, 1.82) is 0 Å². The first kappa shape index (κ1) is 17.2. The van der Waals surface area contributed by atoms with E-state index >= 15 is 0 Å². The van der Waals surface area contributed by atoms with Gasteiger partial charge >= 0.3 is 0 Å². The number of carbonyl (C=O) groups is 1. The summed E-state index contributed by atoms with van der Waals surface area (Å²) in [4.78, 5) is 24.2. The third kappa shape index (κ3) is 3.62. The second-order valence-corrected chi connectivity index (χ2v) is 5.65. The van der Waals surface area contributed by atoms with Crippen LogP contribution in [0.15, 0.2) is 24.4 Å². The van der Waals surface area contributed by atoms with E-state index in [4.69, 9.17) is 23.2 Å². The number of aryl methyl sites for hydroxylation is 1. The Morgan fingerprint density at radius 2 is 2.09 bits per heavy atom. The van der Waals surface area contributed by atoms with Gasteiger partial charge in [0, 0.05) is 25.2 Å². The van der Waals surface area contributed by atoms with Crippen LogP contribution < -0.4 is 0 Å². The molecule has 0 unspecified atom stereocenters. The fourth-order valence-electron chi connectivity index (χ4n) is 2.12. The predicted molar refractivity (Wildman–Crippen MR) is 86.8 cm³/mol. The van der Waals surface area contributed by atoms with E-state index in [2.05, 4.69) is 5.10 Å². The molecule has 7 nitrogen and oxygen atoms in total. The van der Waals surface area contributed by atoms with Crippen molar-refractivity contribution >= 4 is 34.8 Å². The Balaban J connectivity index is 2.25. The number of hydrogen-bond acceptors (Lipinski definition) is 4. The number of rotatable bonds is 5. The van der Waals surface area contributed by atoms with E-state index in [0.29, 0.717) is 17.3 Å². The summed E-state index contributed by atoms with van der Waals surface area (Å²) in [5.41, 5.74) is 0.582. The minimum atomic E-state index is -0.623. The van der Waals surface area contributed by atoms with Gasteiger partial charge in [-0.25, -0.2) is 0 Å². The van der Waals surface area contributed by atoms with Gasteiger partial charge in [0.05, 0.1) is 28.4 Å². The number of nitro benzene ring substituents is 1. The van der Waals surface area contributed by atoms with Crippen LogP contribution in [0.25, 0.3) is 0 Å². The van der Waals surface area contributed by atoms with Crippen molar-refractivity contribution in [2.45, 2.75) is 20.0 Å². The molecule has 0 aliphatic heterocycles. The predicted octanol–water partition coefficient (Wildman–Crippen LogP) is 3.39. The molecule has 0 spiro atoms. The smallest absolute Gasteiger partial charge is 0.288 e. The molecule has 23 heavy (non-hydrogen) atoms. The zero-order chi connectivity index (χ0) is 17.1. The summed E-state index contributed by atoms with van der Waals surface area (Å²) in [7, 11) is 1.59. The second-order valence-electron chi connectivity index (χ2n) is 4.84. The molecule has 0 bridgehead atoms. The molecule has 0 fully saturated rings. The van der Waals surface area contributed by atoms with Crippen molar-refractivity contribution in [3.05, 3.63) is 55.8 Å². The van der Waals surface area contributed by atoms with Crippen LogP contribution in [0.2, 0.25) is 10.0 Å². The van der Waals surface area contributed by atoms with Crippen molar-refractivity contribution in [2.75, 3.05) is 7.05 Å². The number of aromatic nitrogens is 2. The Morgan fingerprint density at radius 3 is 2.70 bits per heavy atom. The largest absolute Gasteiger partial charge is 0.336 e. The quantitative estimate of drug-likeness (QED) is 0.607. The minimum absolute atomic E-state index is 0.0127. The number of carbonyl (C=O) groups excluding carboxylic acids is 1. The number of amides is 1. The van der Waals surface area contributed by atoms with Crippen LogP contribution in [0.5, 0.6) is 0 Å². The lowest BCUT2D eigenvalue weighted by atomic mass is 10.1. The van der Waals surface area contributed by atoms with Gasteiger partial charge in [0.1, 0.15) is 5.02 Å². The molecule has 1 heterocycles. The Morgan fingerprint density at radius 1 is 1.39 bits per heavy atom. The molecule has 9 heteroatoms. The molecule has 0 atom stereocenters. The minimum Gasteiger partial charge on any atom is -0.336 e. The summed E-state index contributed by atoms with van der Waals surface area (Å²) in [6, 6.07) is 3.96. The summed E-state index contributed by atoms with van der Waals surface area (Å²) < 4.78 is 1.69. The first-order chi connectivity index (χ1) is 10.8. The van der Waals surface area contributed by atoms with Crippen LogP contribution in [-0.4, -0.2) is 32.6 Å². The van der Waals surface area contributed by atoms with E-state index in [-0.39, 0.29) is 28.7 Å². The summed E-state index contributed by atoms with van der Waals surface area (Å²) in [5, 5.41) is 15.5. The lowest BCUT2D eigenvalue weighted by Gasteiger charge is -2.18. The zero-order valence-electron chi connectivity index (χ0n) is 12.5. The third-order valence-corrected chi connectivity index (χ3v) is 3.96. The van der Waals surface area contributed by atoms with Crippen molar-refractivity contribution in [1.82, 2.24) is 14.7 Å². The molecule has 0 aliphatic carbocycles. The van der Waals surface area contributed by atoms with Crippen LogP contribution in [0.4, 0.5) is 5.69 Å². The molecular weight excluding hydrogens is 343 g/mol. The highest BCUT2D eigenvalue weighted by Gasteiger charge is 2.20. The zero-order valence-corrected chi connectivity index (χ0v) is 14.0. The molecule has 0 radical (unpaired) electrons. The number of halogens is 2. The van der Waals surface area contributed by atoms with Crippen molar-refractivity contribution in [3.63, 3.8) is 0 Å². The van der Waals surface area contributed by atoms with Crippen molar-refractivity contribution < 1.29 is 9.72 Å². The summed E-state index contributed by atoms with van der Waals surface area (Å²) in [5.74, 6) is -0.371. The van der Waals surface area contributed by atoms with Gasteiger partial charge in [0.25, 0.3) is 11.6 Å². The summed E-state index contributed by atoms with van der Waals surface area (Å²) in [6.45, 7) is 2.77. The van der Waals surface area contributed by atoms with Gasteiger partial charge in [-0.2, -0.15) is 5.10 Å². The third-order valence-electron chi connectivity index (χ3n) is 3.32. The molecular formula is C14H14Cl2N4O3. The lowest BCUT2D eigenvalue weighted by molar-refractivity contribution is -0.384.